The van der Waals surface area contributed by atoms with Crippen LogP contribution in [0, 0.1) is 11.8 Å². The molecule has 0 aromatic carbocycles. The molecule has 0 radical (unpaired) electrons. The number of nitrogens with one attached hydrogen (secondary N) is 1. The van der Waals surface area contributed by atoms with Crippen molar-refractivity contribution in [1.82, 2.24) is 10.3 Å². The fourth-order valence-corrected chi connectivity index (χ4v) is 3.43. The Morgan fingerprint density at radius 3 is 2.76 bits per heavy atom. The van der Waals surface area contributed by atoms with Crippen molar-refractivity contribution in [3.8, 4) is 0 Å². The fourth-order valence-electron chi connectivity index (χ4n) is 2.32. The highest BCUT2D eigenvalue weighted by molar-refractivity contribution is 7.15. The van der Waals surface area contributed by atoms with Crippen molar-refractivity contribution in [3.05, 3.63) is 10.6 Å². The Kier molecular flexibility index (Phi) is 6.45. The van der Waals surface area contributed by atoms with Crippen molar-refractivity contribution >= 4 is 16.5 Å². The summed E-state index contributed by atoms with van der Waals surface area (Å²) in [6.07, 6.45) is 2.77. The van der Waals surface area contributed by atoms with Gasteiger partial charge in [0.2, 0.25) is 0 Å². The summed E-state index contributed by atoms with van der Waals surface area (Å²) in [7, 11) is 1.74. The molecule has 1 saturated carbocycles. The molecule has 1 fully saturated rings. The Morgan fingerprint density at radius 2 is 2.19 bits per heavy atom. The number of hydrogen-bond donors (Lipinski definition) is 1. The van der Waals surface area contributed by atoms with Crippen LogP contribution < -0.4 is 10.2 Å². The van der Waals surface area contributed by atoms with Gasteiger partial charge in [-0.15, -0.1) is 11.3 Å². The van der Waals surface area contributed by atoms with E-state index in [1.807, 2.05) is 11.3 Å². The molecule has 4 nitrogen and oxygen atoms in total. The number of aromatic nitrogens is 1. The minimum absolute atomic E-state index is 0.607. The number of ether oxygens (including phenoxy) is 1. The largest absolute Gasteiger partial charge is 0.378 e. The summed E-state index contributed by atoms with van der Waals surface area (Å²) in [6, 6.07) is 0. The van der Waals surface area contributed by atoms with Gasteiger partial charge < -0.3 is 15.0 Å². The highest BCUT2D eigenvalue weighted by Gasteiger charge is 2.25. The van der Waals surface area contributed by atoms with Crippen LogP contribution in [-0.2, 0) is 17.9 Å². The maximum absolute atomic E-state index is 5.31. The topological polar surface area (TPSA) is 37.4 Å². The summed E-state index contributed by atoms with van der Waals surface area (Å²) < 4.78 is 5.31. The maximum Gasteiger partial charge on any atom is 0.185 e. The zero-order valence-electron chi connectivity index (χ0n) is 13.8. The molecule has 120 valence electrons. The van der Waals surface area contributed by atoms with Crippen LogP contribution >= 0.6 is 11.3 Å². The quantitative estimate of drug-likeness (QED) is 0.719. The molecular formula is C16H29N3OS. The highest BCUT2D eigenvalue weighted by Crippen LogP contribution is 2.33. The molecule has 1 aliphatic carbocycles. The van der Waals surface area contributed by atoms with Gasteiger partial charge in [-0.1, -0.05) is 13.8 Å². The standard InChI is InChI=1S/C16H29N3OS/c1-5-19(10-13-6-7-13)16-18-14(11-20-4)15(21-16)9-17-8-12(2)3/h12-13,17H,5-11H2,1-4H3. The molecule has 0 saturated heterocycles. The van der Waals surface area contributed by atoms with Gasteiger partial charge in [-0.05, 0) is 38.1 Å². The minimum Gasteiger partial charge on any atom is -0.378 e. The number of thiazole rings is 1. The van der Waals surface area contributed by atoms with Crippen molar-refractivity contribution in [2.24, 2.45) is 11.8 Å². The van der Waals surface area contributed by atoms with Crippen molar-refractivity contribution in [1.29, 1.82) is 0 Å². The third kappa shape index (κ3) is 5.24. The normalized spacial score (nSPS) is 14.9. The summed E-state index contributed by atoms with van der Waals surface area (Å²) in [5.74, 6) is 1.56. The van der Waals surface area contributed by atoms with Gasteiger partial charge in [0.05, 0.1) is 12.3 Å². The molecule has 0 bridgehead atoms. The Bertz CT molecular complexity index is 429. The Hall–Kier alpha value is -0.650. The van der Waals surface area contributed by atoms with Gasteiger partial charge in [-0.2, -0.15) is 0 Å². The molecule has 0 amide bonds. The van der Waals surface area contributed by atoms with E-state index in [9.17, 15) is 0 Å². The van der Waals surface area contributed by atoms with Gasteiger partial charge >= 0.3 is 0 Å². The summed E-state index contributed by atoms with van der Waals surface area (Å²) in [4.78, 5) is 8.57. The van der Waals surface area contributed by atoms with Crippen LogP contribution in [0.5, 0.6) is 0 Å². The average Bonchev–Trinajstić information content (AvgIpc) is 3.18. The molecule has 1 aromatic rings. The summed E-state index contributed by atoms with van der Waals surface area (Å²) in [6.45, 7) is 11.4. The summed E-state index contributed by atoms with van der Waals surface area (Å²) in [5, 5.41) is 4.68. The first-order valence-electron chi connectivity index (χ1n) is 8.07. The second kappa shape index (κ2) is 8.11. The third-order valence-electron chi connectivity index (χ3n) is 3.71. The molecule has 1 N–H and O–H groups in total. The molecule has 0 spiro atoms. The van der Waals surface area contributed by atoms with Crippen molar-refractivity contribution in [2.45, 2.75) is 46.8 Å². The molecule has 1 aliphatic rings. The van der Waals surface area contributed by atoms with Crippen molar-refractivity contribution < 1.29 is 4.74 Å². The van der Waals surface area contributed by atoms with Crippen LogP contribution in [0.2, 0.25) is 0 Å². The molecule has 1 heterocycles. The van der Waals surface area contributed by atoms with E-state index < -0.39 is 0 Å². The first-order valence-corrected chi connectivity index (χ1v) is 8.88. The van der Waals surface area contributed by atoms with Crippen LogP contribution in [-0.4, -0.2) is 31.7 Å². The molecular weight excluding hydrogens is 282 g/mol. The van der Waals surface area contributed by atoms with Crippen LogP contribution in [0.4, 0.5) is 5.13 Å². The molecule has 21 heavy (non-hydrogen) atoms. The van der Waals surface area contributed by atoms with Crippen molar-refractivity contribution in [3.63, 3.8) is 0 Å². The molecule has 0 atom stereocenters. The molecule has 5 heteroatoms. The minimum atomic E-state index is 0.607. The first kappa shape index (κ1) is 16.7. The van der Waals surface area contributed by atoms with Crippen LogP contribution in [0.25, 0.3) is 0 Å². The first-order chi connectivity index (χ1) is 10.1. The predicted molar refractivity (Wildman–Crippen MR) is 90.0 cm³/mol. The van der Waals surface area contributed by atoms with E-state index in [4.69, 9.17) is 9.72 Å². The van der Waals surface area contributed by atoms with E-state index in [1.165, 1.54) is 17.7 Å². The zero-order chi connectivity index (χ0) is 15.2. The van der Waals surface area contributed by atoms with Crippen LogP contribution in [0.1, 0.15) is 44.2 Å². The number of methoxy groups -OCH3 is 1. The van der Waals surface area contributed by atoms with E-state index in [-0.39, 0.29) is 0 Å². The molecule has 0 unspecified atom stereocenters. The Morgan fingerprint density at radius 1 is 1.43 bits per heavy atom. The SMILES string of the molecule is CCN(CC1CC1)c1nc(COC)c(CNCC(C)C)s1. The smallest absolute Gasteiger partial charge is 0.185 e. The maximum atomic E-state index is 5.31. The molecule has 2 rings (SSSR count). The van der Waals surface area contributed by atoms with E-state index in [0.29, 0.717) is 12.5 Å². The monoisotopic (exact) mass is 311 g/mol. The number of nitrogens with zero attached hydrogens (tertiary/aromatic N) is 2. The average molecular weight is 311 g/mol. The van der Waals surface area contributed by atoms with Gasteiger partial charge in [0.25, 0.3) is 0 Å². The fraction of sp³-hybridized carbons (Fsp3) is 0.812. The number of rotatable bonds is 10. The van der Waals surface area contributed by atoms with E-state index in [2.05, 4.69) is 31.0 Å². The van der Waals surface area contributed by atoms with Gasteiger partial charge in [0, 0.05) is 31.6 Å². The Balaban J connectivity index is 2.02. The highest BCUT2D eigenvalue weighted by atomic mass is 32.1. The summed E-state index contributed by atoms with van der Waals surface area (Å²) in [5.41, 5.74) is 1.10. The van der Waals surface area contributed by atoms with Crippen molar-refractivity contribution in [2.75, 3.05) is 31.6 Å². The van der Waals surface area contributed by atoms with Gasteiger partial charge in [-0.3, -0.25) is 0 Å². The lowest BCUT2D eigenvalue weighted by Crippen LogP contribution is -2.25. The second-order valence-corrected chi connectivity index (χ2v) is 7.37. The Labute approximate surface area is 132 Å². The van der Waals surface area contributed by atoms with E-state index in [1.54, 1.807) is 7.11 Å². The van der Waals surface area contributed by atoms with Crippen LogP contribution in [0.3, 0.4) is 0 Å². The molecule has 0 aliphatic heterocycles. The zero-order valence-corrected chi connectivity index (χ0v) is 14.6. The lowest BCUT2D eigenvalue weighted by Gasteiger charge is -2.19. The predicted octanol–water partition coefficient (Wildman–Crippen LogP) is 3.27. The molecule has 1 aromatic heterocycles. The van der Waals surface area contributed by atoms with E-state index >= 15 is 0 Å². The third-order valence-corrected chi connectivity index (χ3v) is 4.87. The lowest BCUT2D eigenvalue weighted by atomic mass is 10.2. The van der Waals surface area contributed by atoms with Gasteiger partial charge in [0.1, 0.15) is 0 Å². The van der Waals surface area contributed by atoms with Gasteiger partial charge in [-0.25, -0.2) is 4.98 Å². The van der Waals surface area contributed by atoms with E-state index in [0.717, 1.165) is 42.9 Å². The van der Waals surface area contributed by atoms with Gasteiger partial charge in [0.15, 0.2) is 5.13 Å². The second-order valence-electron chi connectivity index (χ2n) is 6.31. The lowest BCUT2D eigenvalue weighted by molar-refractivity contribution is 0.181. The number of hydrogen-bond acceptors (Lipinski definition) is 5. The van der Waals surface area contributed by atoms with Crippen LogP contribution in [0.15, 0.2) is 0 Å². The summed E-state index contributed by atoms with van der Waals surface area (Å²) >= 11 is 1.83. The number of anilines is 1.